The van der Waals surface area contributed by atoms with Crippen LogP contribution in [-0.4, -0.2) is 16.4 Å². The van der Waals surface area contributed by atoms with Gasteiger partial charge in [0.1, 0.15) is 5.75 Å². The minimum atomic E-state index is 0. The lowest BCUT2D eigenvalue weighted by Gasteiger charge is -2.10. The van der Waals surface area contributed by atoms with Gasteiger partial charge in [0.2, 0.25) is 11.9 Å². The van der Waals surface area contributed by atoms with Crippen LogP contribution in [0, 0.1) is 0 Å². The summed E-state index contributed by atoms with van der Waals surface area (Å²) in [6.45, 7) is 0. The number of rotatable bonds is 3. The van der Waals surface area contributed by atoms with Crippen molar-refractivity contribution >= 4 is 28.4 Å². The summed E-state index contributed by atoms with van der Waals surface area (Å²) in [5, 5.41) is 4.32. The zero-order valence-electron chi connectivity index (χ0n) is 16.3. The Bertz CT molecular complexity index is 1260. The summed E-state index contributed by atoms with van der Waals surface area (Å²) in [7, 11) is 0. The van der Waals surface area contributed by atoms with Gasteiger partial charge in [0, 0.05) is 37.0 Å². The molecular formula is C25H22N4O. The van der Waals surface area contributed by atoms with Gasteiger partial charge in [-0.15, -0.1) is 0 Å². The highest BCUT2D eigenvalue weighted by Crippen LogP contribution is 2.25. The third kappa shape index (κ3) is 3.86. The zero-order valence-corrected chi connectivity index (χ0v) is 16.3. The van der Waals surface area contributed by atoms with Crippen LogP contribution in [-0.2, 0) is 0 Å². The monoisotopic (exact) mass is 394 g/mol. The molecule has 148 valence electrons. The van der Waals surface area contributed by atoms with E-state index in [1.165, 1.54) is 0 Å². The van der Waals surface area contributed by atoms with Gasteiger partial charge in [-0.1, -0.05) is 42.5 Å². The van der Waals surface area contributed by atoms with Crippen LogP contribution in [0.25, 0.3) is 16.6 Å². The van der Waals surface area contributed by atoms with Crippen molar-refractivity contribution in [3.63, 3.8) is 0 Å². The Balaban J connectivity index is 0.00000231. The van der Waals surface area contributed by atoms with E-state index < -0.39 is 0 Å². The smallest absolute Gasteiger partial charge is 0.230 e. The predicted octanol–water partition coefficient (Wildman–Crippen LogP) is 6.04. The maximum atomic E-state index is 6.09. The first-order valence-electron chi connectivity index (χ1n) is 9.82. The Hall–Kier alpha value is -4.12. The van der Waals surface area contributed by atoms with E-state index in [4.69, 9.17) is 4.74 Å². The van der Waals surface area contributed by atoms with Gasteiger partial charge < -0.3 is 14.6 Å². The number of anilines is 1. The number of hydrogen-bond donors (Lipinski definition) is 1. The van der Waals surface area contributed by atoms with Crippen molar-refractivity contribution in [3.05, 3.63) is 103 Å². The molecule has 1 aliphatic rings. The van der Waals surface area contributed by atoms with Crippen LogP contribution in [0.15, 0.2) is 113 Å². The molecule has 0 aliphatic carbocycles. The molecule has 0 spiro atoms. The number of aliphatic imine (C=N–C) groups is 2. The number of fused-ring (bicyclic) bond motifs is 1. The molecule has 5 nitrogen and oxygen atoms in total. The van der Waals surface area contributed by atoms with E-state index in [9.17, 15) is 0 Å². The molecule has 0 radical (unpaired) electrons. The summed E-state index contributed by atoms with van der Waals surface area (Å²) in [5.41, 5.74) is 3.19. The Morgan fingerprint density at radius 1 is 0.900 bits per heavy atom. The SMILES string of the molecule is C1=CN=C(Nc2ccccc2)N=C(Oc2ccc3c(ccn3-c3ccccc3)c2)C1.[HH]. The summed E-state index contributed by atoms with van der Waals surface area (Å²) < 4.78 is 8.26. The maximum Gasteiger partial charge on any atom is 0.230 e. The second kappa shape index (κ2) is 8.09. The van der Waals surface area contributed by atoms with Gasteiger partial charge in [0.25, 0.3) is 0 Å². The number of nitrogens with zero attached hydrogens (tertiary/aromatic N) is 3. The van der Waals surface area contributed by atoms with Crippen molar-refractivity contribution in [2.24, 2.45) is 9.98 Å². The average Bonchev–Trinajstić information content (AvgIpc) is 3.08. The minimum absolute atomic E-state index is 0. The van der Waals surface area contributed by atoms with Crippen molar-refractivity contribution in [2.45, 2.75) is 6.42 Å². The molecule has 0 saturated heterocycles. The molecule has 5 heteroatoms. The topological polar surface area (TPSA) is 50.9 Å². The van der Waals surface area contributed by atoms with Crippen LogP contribution in [0.4, 0.5) is 5.69 Å². The summed E-state index contributed by atoms with van der Waals surface area (Å²) in [6.07, 6.45) is 6.33. The fraction of sp³-hybridized carbons (Fsp3) is 0.0400. The van der Waals surface area contributed by atoms with Crippen LogP contribution >= 0.6 is 0 Å². The highest BCUT2D eigenvalue weighted by molar-refractivity contribution is 6.03. The van der Waals surface area contributed by atoms with Crippen LogP contribution in [0.5, 0.6) is 5.75 Å². The van der Waals surface area contributed by atoms with Crippen molar-refractivity contribution in [1.82, 2.24) is 4.57 Å². The summed E-state index contributed by atoms with van der Waals surface area (Å²) in [5.74, 6) is 1.84. The lowest BCUT2D eigenvalue weighted by Crippen LogP contribution is -2.15. The van der Waals surface area contributed by atoms with Crippen molar-refractivity contribution < 1.29 is 6.16 Å². The summed E-state index contributed by atoms with van der Waals surface area (Å²) >= 11 is 0. The largest absolute Gasteiger partial charge is 0.443 e. The third-order valence-corrected chi connectivity index (χ3v) is 4.79. The van der Waals surface area contributed by atoms with Gasteiger partial charge in [-0.2, -0.15) is 4.99 Å². The molecule has 0 unspecified atom stereocenters. The van der Waals surface area contributed by atoms with Gasteiger partial charge >= 0.3 is 0 Å². The molecule has 1 aromatic heterocycles. The minimum Gasteiger partial charge on any atom is -0.443 e. The second-order valence-corrected chi connectivity index (χ2v) is 6.88. The number of aromatic nitrogens is 1. The molecule has 1 aliphatic heterocycles. The first kappa shape index (κ1) is 17.9. The molecule has 4 aromatic rings. The Morgan fingerprint density at radius 3 is 2.53 bits per heavy atom. The number of benzene rings is 3. The van der Waals surface area contributed by atoms with E-state index in [2.05, 4.69) is 50.3 Å². The number of hydrogen-bond acceptors (Lipinski definition) is 4. The van der Waals surface area contributed by atoms with E-state index >= 15 is 0 Å². The molecule has 0 saturated carbocycles. The lowest BCUT2D eigenvalue weighted by molar-refractivity contribution is 0.542. The van der Waals surface area contributed by atoms with Gasteiger partial charge in [0.15, 0.2) is 0 Å². The van der Waals surface area contributed by atoms with E-state index in [1.807, 2.05) is 66.7 Å². The van der Waals surface area contributed by atoms with E-state index in [0.717, 1.165) is 28.0 Å². The summed E-state index contributed by atoms with van der Waals surface area (Å²) in [6, 6.07) is 28.3. The van der Waals surface area contributed by atoms with Crippen molar-refractivity contribution in [1.29, 1.82) is 0 Å². The van der Waals surface area contributed by atoms with Gasteiger partial charge in [-0.05, 0) is 48.5 Å². The van der Waals surface area contributed by atoms with E-state index in [-0.39, 0.29) is 1.43 Å². The van der Waals surface area contributed by atoms with Crippen LogP contribution in [0.1, 0.15) is 7.85 Å². The molecule has 0 fully saturated rings. The predicted molar refractivity (Wildman–Crippen MR) is 125 cm³/mol. The Morgan fingerprint density at radius 2 is 1.70 bits per heavy atom. The Labute approximate surface area is 176 Å². The molecule has 30 heavy (non-hydrogen) atoms. The quantitative estimate of drug-likeness (QED) is 0.461. The van der Waals surface area contributed by atoms with Crippen LogP contribution in [0.2, 0.25) is 0 Å². The molecular weight excluding hydrogens is 372 g/mol. The maximum absolute atomic E-state index is 6.09. The number of guanidine groups is 1. The number of para-hydroxylation sites is 2. The van der Waals surface area contributed by atoms with Crippen LogP contribution < -0.4 is 10.1 Å². The molecule has 0 atom stereocenters. The molecule has 5 rings (SSSR count). The Kier molecular flexibility index (Phi) is 4.84. The van der Waals surface area contributed by atoms with E-state index in [1.54, 1.807) is 6.20 Å². The van der Waals surface area contributed by atoms with Crippen LogP contribution in [0.3, 0.4) is 0 Å². The average molecular weight is 394 g/mol. The summed E-state index contributed by atoms with van der Waals surface area (Å²) in [4.78, 5) is 8.92. The molecule has 3 aromatic carbocycles. The van der Waals surface area contributed by atoms with Gasteiger partial charge in [-0.3, -0.25) is 0 Å². The first-order valence-corrected chi connectivity index (χ1v) is 9.82. The molecule has 1 N–H and O–H groups in total. The number of ether oxygens (including phenoxy) is 1. The fourth-order valence-electron chi connectivity index (χ4n) is 3.38. The first-order chi connectivity index (χ1) is 14.8. The normalized spacial score (nSPS) is 13.5. The fourth-order valence-corrected chi connectivity index (χ4v) is 3.38. The van der Waals surface area contributed by atoms with E-state index in [0.29, 0.717) is 18.3 Å². The molecule has 0 bridgehead atoms. The lowest BCUT2D eigenvalue weighted by atomic mass is 10.2. The van der Waals surface area contributed by atoms with Gasteiger partial charge in [0.05, 0.1) is 5.52 Å². The van der Waals surface area contributed by atoms with Crippen molar-refractivity contribution in [2.75, 3.05) is 5.32 Å². The second-order valence-electron chi connectivity index (χ2n) is 6.88. The molecule has 2 heterocycles. The highest BCUT2D eigenvalue weighted by atomic mass is 16.5. The molecule has 0 amide bonds. The standard InChI is InChI=1S/C25H20N4O.H2/c1-3-8-20(9-4-1)27-25-26-16-7-12-24(28-25)30-22-13-14-23-19(18-22)15-17-29(23)21-10-5-2-6-11-21;/h1-11,13-18H,12H2,(H,26,27);1H. The highest BCUT2D eigenvalue weighted by Gasteiger charge is 2.10. The number of nitrogens with one attached hydrogen (secondary N) is 1. The van der Waals surface area contributed by atoms with Crippen molar-refractivity contribution in [3.8, 4) is 11.4 Å². The zero-order chi connectivity index (χ0) is 20.2. The third-order valence-electron chi connectivity index (χ3n) is 4.79. The van der Waals surface area contributed by atoms with Gasteiger partial charge in [-0.25, -0.2) is 4.99 Å².